The third kappa shape index (κ3) is 12.5. The maximum atomic E-state index is 13.4. The molecule has 0 aliphatic carbocycles. The number of carbonyl (C=O) groups excluding carboxylic acids is 4. The first-order valence-corrected chi connectivity index (χ1v) is 18.3. The number of para-hydroxylation sites is 6. The summed E-state index contributed by atoms with van der Waals surface area (Å²) in [6, 6.07) is 40.1. The summed E-state index contributed by atoms with van der Waals surface area (Å²) in [5.41, 5.74) is 0.240. The summed E-state index contributed by atoms with van der Waals surface area (Å²) in [4.78, 5) is 53.1. The van der Waals surface area contributed by atoms with Gasteiger partial charge in [0.05, 0.1) is 13.2 Å². The number of ether oxygens (including phenoxy) is 6. The molecule has 57 heavy (non-hydrogen) atoms. The summed E-state index contributed by atoms with van der Waals surface area (Å²) in [5, 5.41) is 0. The molecule has 0 aliphatic rings. The minimum atomic E-state index is -0.891. The fraction of sp³-hybridized carbons (Fsp3) is 0.174. The molecule has 0 aromatic heterocycles. The van der Waals surface area contributed by atoms with Crippen molar-refractivity contribution in [3.8, 4) is 34.5 Å². The van der Waals surface area contributed by atoms with Gasteiger partial charge in [0.2, 0.25) is 0 Å². The quantitative estimate of drug-likeness (QED) is 0.0307. The molecule has 0 amide bonds. The van der Waals surface area contributed by atoms with Crippen molar-refractivity contribution in [3.63, 3.8) is 0 Å². The van der Waals surface area contributed by atoms with Crippen molar-refractivity contribution in [1.82, 2.24) is 0 Å². The van der Waals surface area contributed by atoms with E-state index in [2.05, 4.69) is 0 Å². The number of esters is 4. The van der Waals surface area contributed by atoms with E-state index in [0.29, 0.717) is 24.7 Å². The van der Waals surface area contributed by atoms with Gasteiger partial charge in [-0.15, -0.1) is 6.07 Å². The molecule has 0 aliphatic heterocycles. The van der Waals surface area contributed by atoms with Crippen LogP contribution in [0, 0.1) is 0 Å². The monoisotopic (exact) mass is 810 g/mol. The maximum Gasteiger partial charge on any atom is 0.347 e. The van der Waals surface area contributed by atoms with Crippen LogP contribution in [-0.2, 0) is 17.1 Å². The van der Waals surface area contributed by atoms with E-state index in [0.717, 1.165) is 25.7 Å². The van der Waals surface area contributed by atoms with Crippen LogP contribution >= 0.6 is 0 Å². The molecule has 0 saturated carbocycles. The number of unbranched alkanes of at least 4 members (excludes halogenated alkanes) is 2. The fourth-order valence-corrected chi connectivity index (χ4v) is 5.13. The van der Waals surface area contributed by atoms with Crippen LogP contribution in [0.4, 0.5) is 0 Å². The molecule has 300 valence electrons. The minimum absolute atomic E-state index is 0. The standard InChI is InChI=1S/C41H37O10.C5H5.Fe/c1-3-5-26-46-32-20-9-7-16-30(32)40(44)50-36-24-13-11-22-34(36)48-38(42)28-18-15-19-29(28)39(43)49-35-23-12-14-25-37(35)51-41(45)31-17-8-10-21-33(31)47-27-6-4-2;1-2-4-5-3-1;/h7-25H,3-6,26-27H2,1-2H3;1-5H;/q-1;-5;. The molecule has 0 radical (unpaired) electrons. The van der Waals surface area contributed by atoms with Gasteiger partial charge in [-0.05, 0) is 66.9 Å². The van der Waals surface area contributed by atoms with E-state index in [4.69, 9.17) is 28.4 Å². The molecule has 11 heteroatoms. The average molecular weight is 811 g/mol. The van der Waals surface area contributed by atoms with E-state index >= 15 is 0 Å². The molecule has 0 heterocycles. The molecule has 6 rings (SSSR count). The molecular weight excluding hydrogens is 768 g/mol. The summed E-state index contributed by atoms with van der Waals surface area (Å²) in [6.45, 7) is 4.96. The van der Waals surface area contributed by atoms with Crippen molar-refractivity contribution in [2.24, 2.45) is 0 Å². The molecule has 0 bridgehead atoms. The van der Waals surface area contributed by atoms with Crippen molar-refractivity contribution in [2.75, 3.05) is 13.2 Å². The van der Waals surface area contributed by atoms with E-state index in [1.807, 2.05) is 44.2 Å². The Morgan fingerprint density at radius 1 is 0.474 bits per heavy atom. The van der Waals surface area contributed by atoms with Gasteiger partial charge in [-0.1, -0.05) is 80.8 Å². The Labute approximate surface area is 342 Å². The number of hydrogen-bond acceptors (Lipinski definition) is 10. The van der Waals surface area contributed by atoms with Gasteiger partial charge >= 0.3 is 17.9 Å². The topological polar surface area (TPSA) is 124 Å². The van der Waals surface area contributed by atoms with Crippen LogP contribution in [0.15, 0.2) is 146 Å². The summed E-state index contributed by atoms with van der Waals surface area (Å²) in [7, 11) is 0. The molecule has 0 saturated heterocycles. The van der Waals surface area contributed by atoms with Crippen LogP contribution in [0.3, 0.4) is 0 Å². The smallest absolute Gasteiger partial charge is 0.347 e. The zero-order valence-corrected chi connectivity index (χ0v) is 32.6. The van der Waals surface area contributed by atoms with Gasteiger partial charge in [-0.3, -0.25) is 4.79 Å². The first-order chi connectivity index (χ1) is 27.4. The predicted molar refractivity (Wildman–Crippen MR) is 210 cm³/mol. The fourth-order valence-electron chi connectivity index (χ4n) is 5.13. The Morgan fingerprint density at radius 2 is 0.842 bits per heavy atom. The van der Waals surface area contributed by atoms with Gasteiger partial charge in [-0.25, -0.2) is 9.59 Å². The molecule has 0 fully saturated rings. The van der Waals surface area contributed by atoms with Gasteiger partial charge < -0.3 is 63.5 Å². The second kappa shape index (κ2) is 22.8. The Balaban J connectivity index is 0.00000111. The van der Waals surface area contributed by atoms with E-state index < -0.39 is 23.9 Å². The van der Waals surface area contributed by atoms with Gasteiger partial charge in [0, 0.05) is 17.1 Å². The number of benzene rings is 4. The van der Waals surface area contributed by atoms with Gasteiger partial charge in [-0.2, -0.15) is 12.1 Å². The van der Waals surface area contributed by atoms with Crippen LogP contribution < -0.4 is 28.4 Å². The van der Waals surface area contributed by atoms with Gasteiger partial charge in [0.25, 0.3) is 5.97 Å². The summed E-state index contributed by atoms with van der Waals surface area (Å²) in [5.74, 6) is -2.54. The first-order valence-electron chi connectivity index (χ1n) is 18.3. The summed E-state index contributed by atoms with van der Waals surface area (Å²) >= 11 is 0. The normalized spacial score (nSPS) is 10.1. The SMILES string of the molecule is CCCCOc1ccccc1C(=O)Oc1ccccc1OC(=O)c1ccc[c-]1C(=O)Oc1ccccc1OC(=O)c1ccccc1OCCCC.[Fe].[cH-]1[cH-][cH-][cH-][cH-]1. The molecule has 10 nitrogen and oxygen atoms in total. The van der Waals surface area contributed by atoms with Crippen molar-refractivity contribution in [2.45, 2.75) is 39.5 Å². The van der Waals surface area contributed by atoms with Crippen LogP contribution in [0.5, 0.6) is 34.5 Å². The van der Waals surface area contributed by atoms with Crippen LogP contribution in [0.25, 0.3) is 0 Å². The van der Waals surface area contributed by atoms with E-state index in [1.165, 1.54) is 42.5 Å². The van der Waals surface area contributed by atoms with Crippen LogP contribution in [0.2, 0.25) is 0 Å². The molecular formula is C46H42FeO10-6. The van der Waals surface area contributed by atoms with Crippen molar-refractivity contribution >= 4 is 23.9 Å². The Morgan fingerprint density at radius 3 is 1.26 bits per heavy atom. The van der Waals surface area contributed by atoms with Gasteiger partial charge in [0.15, 0.2) is 23.0 Å². The Kier molecular flexibility index (Phi) is 17.4. The Bertz CT molecular complexity index is 2030. The molecule has 0 spiro atoms. The minimum Gasteiger partial charge on any atom is -0.748 e. The maximum absolute atomic E-state index is 13.4. The number of carbonyl (C=O) groups is 4. The van der Waals surface area contributed by atoms with E-state index in [-0.39, 0.29) is 62.3 Å². The van der Waals surface area contributed by atoms with Crippen LogP contribution in [-0.4, -0.2) is 37.1 Å². The average Bonchev–Trinajstić information content (AvgIpc) is 3.97. The zero-order valence-electron chi connectivity index (χ0n) is 31.5. The second-order valence-electron chi connectivity index (χ2n) is 12.2. The van der Waals surface area contributed by atoms with Crippen molar-refractivity contribution in [1.29, 1.82) is 0 Å². The summed E-state index contributed by atoms with van der Waals surface area (Å²) < 4.78 is 34.0. The number of rotatable bonds is 16. The third-order valence-corrected chi connectivity index (χ3v) is 8.05. The van der Waals surface area contributed by atoms with Crippen LogP contribution in [0.1, 0.15) is 81.0 Å². The zero-order chi connectivity index (χ0) is 39.5. The molecule has 0 unspecified atom stereocenters. The first kappa shape index (κ1) is 43.3. The number of hydrogen-bond donors (Lipinski definition) is 0. The van der Waals surface area contributed by atoms with E-state index in [1.54, 1.807) is 72.8 Å². The third-order valence-electron chi connectivity index (χ3n) is 8.05. The Hall–Kier alpha value is -6.42. The van der Waals surface area contributed by atoms with Gasteiger partial charge in [0.1, 0.15) is 22.6 Å². The molecule has 6 aromatic rings. The summed E-state index contributed by atoms with van der Waals surface area (Å²) in [6.07, 6.45) is 3.51. The molecule has 0 atom stereocenters. The predicted octanol–water partition coefficient (Wildman–Crippen LogP) is 10.0. The second-order valence-corrected chi connectivity index (χ2v) is 12.2. The van der Waals surface area contributed by atoms with E-state index in [9.17, 15) is 19.2 Å². The molecule has 6 aromatic carbocycles. The van der Waals surface area contributed by atoms with Crippen molar-refractivity contribution in [3.05, 3.63) is 168 Å². The molecule has 0 N–H and O–H groups in total. The largest absolute Gasteiger partial charge is 0.748 e. The van der Waals surface area contributed by atoms with Crippen molar-refractivity contribution < 1.29 is 64.7 Å².